The van der Waals surface area contributed by atoms with Crippen molar-refractivity contribution < 1.29 is 19.2 Å². The number of carbonyl (C=O) groups is 2. The summed E-state index contributed by atoms with van der Waals surface area (Å²) in [6.45, 7) is 1.63. The van der Waals surface area contributed by atoms with Crippen molar-refractivity contribution in [1.82, 2.24) is 5.06 Å². The van der Waals surface area contributed by atoms with E-state index in [1.54, 1.807) is 0 Å². The fraction of sp³-hybridized carbons (Fsp3) is 0.714. The molecule has 0 aromatic carbocycles. The number of hydroxylamine groups is 2. The van der Waals surface area contributed by atoms with Crippen LogP contribution in [0, 0.1) is 0 Å². The van der Waals surface area contributed by atoms with Crippen LogP contribution in [0.1, 0.15) is 6.92 Å². The van der Waals surface area contributed by atoms with E-state index in [9.17, 15) is 9.59 Å². The van der Waals surface area contributed by atoms with E-state index in [1.165, 1.54) is 14.0 Å². The monoisotopic (exact) mass is 188 g/mol. The Balaban J connectivity index is 2.63. The van der Waals surface area contributed by atoms with E-state index in [2.05, 4.69) is 4.74 Å². The van der Waals surface area contributed by atoms with Crippen molar-refractivity contribution in [3.63, 3.8) is 0 Å². The van der Waals surface area contributed by atoms with Crippen LogP contribution in [-0.4, -0.2) is 42.7 Å². The number of nitrogens with zero attached hydrogens (tertiary/aromatic N) is 1. The summed E-state index contributed by atoms with van der Waals surface area (Å²) in [4.78, 5) is 27.2. The first-order valence-corrected chi connectivity index (χ1v) is 3.87. The van der Waals surface area contributed by atoms with Crippen LogP contribution in [0.5, 0.6) is 0 Å². The second-order valence-electron chi connectivity index (χ2n) is 2.77. The molecule has 1 aliphatic heterocycles. The molecule has 1 aliphatic rings. The Kier molecular flexibility index (Phi) is 2.84. The van der Waals surface area contributed by atoms with Gasteiger partial charge in [0.2, 0.25) is 0 Å². The van der Waals surface area contributed by atoms with Gasteiger partial charge in [-0.2, -0.15) is 0 Å². The summed E-state index contributed by atoms with van der Waals surface area (Å²) < 4.78 is 4.45. The van der Waals surface area contributed by atoms with Gasteiger partial charge in [-0.1, -0.05) is 0 Å². The van der Waals surface area contributed by atoms with Gasteiger partial charge in [-0.05, 0) is 6.92 Å². The van der Waals surface area contributed by atoms with Gasteiger partial charge in [0.05, 0.1) is 13.7 Å². The van der Waals surface area contributed by atoms with Gasteiger partial charge >= 0.3 is 5.97 Å². The number of methoxy groups -OCH3 is 1. The number of amides is 1. The number of carbonyl (C=O) groups excluding carboxylic acids is 2. The van der Waals surface area contributed by atoms with Crippen molar-refractivity contribution in [2.24, 2.45) is 5.73 Å². The molecule has 1 amide bonds. The van der Waals surface area contributed by atoms with E-state index in [0.717, 1.165) is 5.06 Å². The van der Waals surface area contributed by atoms with E-state index in [0.29, 0.717) is 0 Å². The summed E-state index contributed by atoms with van der Waals surface area (Å²) in [7, 11) is 1.25. The Morgan fingerprint density at radius 1 is 1.85 bits per heavy atom. The van der Waals surface area contributed by atoms with E-state index < -0.39 is 24.0 Å². The average Bonchev–Trinajstić information content (AvgIpc) is 2.45. The Hall–Kier alpha value is -1.14. The summed E-state index contributed by atoms with van der Waals surface area (Å²) in [6, 6.07) is -1.42. The van der Waals surface area contributed by atoms with Crippen LogP contribution in [0.2, 0.25) is 0 Å². The van der Waals surface area contributed by atoms with E-state index in [1.807, 2.05) is 0 Å². The quantitative estimate of drug-likeness (QED) is 0.542. The van der Waals surface area contributed by atoms with Crippen LogP contribution < -0.4 is 5.73 Å². The zero-order valence-corrected chi connectivity index (χ0v) is 7.52. The molecular weight excluding hydrogens is 176 g/mol. The normalized spacial score (nSPS) is 24.7. The van der Waals surface area contributed by atoms with Crippen LogP contribution in [0.4, 0.5) is 0 Å². The van der Waals surface area contributed by atoms with Gasteiger partial charge in [0.1, 0.15) is 6.04 Å². The summed E-state index contributed by atoms with van der Waals surface area (Å²) in [5.41, 5.74) is 5.38. The number of nitrogens with two attached hydrogens (primary N) is 1. The molecule has 0 aromatic heterocycles. The second-order valence-corrected chi connectivity index (χ2v) is 2.77. The second kappa shape index (κ2) is 3.71. The molecule has 74 valence electrons. The van der Waals surface area contributed by atoms with Crippen molar-refractivity contribution in [3.8, 4) is 0 Å². The van der Waals surface area contributed by atoms with Gasteiger partial charge in [-0.15, -0.1) is 0 Å². The highest BCUT2D eigenvalue weighted by Gasteiger charge is 2.36. The SMILES string of the molecule is COC(=O)C(C)N1OC[C@@H](N)C1=O. The molecule has 2 N–H and O–H groups in total. The largest absolute Gasteiger partial charge is 0.467 e. The fourth-order valence-corrected chi connectivity index (χ4v) is 1.03. The zero-order valence-electron chi connectivity index (χ0n) is 7.52. The zero-order chi connectivity index (χ0) is 10.0. The Bertz CT molecular complexity index is 231. The molecule has 6 nitrogen and oxygen atoms in total. The summed E-state index contributed by atoms with van der Waals surface area (Å²) in [5, 5.41) is 0.955. The van der Waals surface area contributed by atoms with Gasteiger partial charge in [0.25, 0.3) is 5.91 Å². The maximum absolute atomic E-state index is 11.2. The minimum absolute atomic E-state index is 0.111. The molecule has 1 rings (SSSR count). The summed E-state index contributed by atoms with van der Waals surface area (Å²) in [5.74, 6) is -0.916. The van der Waals surface area contributed by atoms with Gasteiger partial charge in [0, 0.05) is 0 Å². The molecule has 1 saturated heterocycles. The molecule has 0 aromatic rings. The Morgan fingerprint density at radius 3 is 2.85 bits per heavy atom. The standard InChI is InChI=1S/C7H12N2O4/c1-4(7(11)12-2)9-6(10)5(8)3-13-9/h4-5H,3,8H2,1-2H3/t4?,5-/m1/s1. The van der Waals surface area contributed by atoms with E-state index in [4.69, 9.17) is 10.6 Å². The van der Waals surface area contributed by atoms with Gasteiger partial charge in [0.15, 0.2) is 6.04 Å². The average molecular weight is 188 g/mol. The first kappa shape index (κ1) is 9.94. The topological polar surface area (TPSA) is 81.9 Å². The van der Waals surface area contributed by atoms with Gasteiger partial charge in [-0.25, -0.2) is 9.86 Å². The van der Waals surface area contributed by atoms with Crippen LogP contribution in [0.15, 0.2) is 0 Å². The molecule has 1 unspecified atom stereocenters. The number of esters is 1. The fourth-order valence-electron chi connectivity index (χ4n) is 1.03. The molecular formula is C7H12N2O4. The van der Waals surface area contributed by atoms with Crippen molar-refractivity contribution in [3.05, 3.63) is 0 Å². The third-order valence-corrected chi connectivity index (χ3v) is 1.82. The molecule has 6 heteroatoms. The number of ether oxygens (including phenoxy) is 1. The molecule has 0 spiro atoms. The maximum atomic E-state index is 11.2. The first-order valence-electron chi connectivity index (χ1n) is 3.87. The third kappa shape index (κ3) is 1.78. The van der Waals surface area contributed by atoms with Crippen molar-refractivity contribution in [2.45, 2.75) is 19.0 Å². The van der Waals surface area contributed by atoms with Crippen molar-refractivity contribution in [2.75, 3.05) is 13.7 Å². The molecule has 0 bridgehead atoms. The van der Waals surface area contributed by atoms with Gasteiger partial charge < -0.3 is 10.5 Å². The lowest BCUT2D eigenvalue weighted by Crippen LogP contribution is -2.43. The minimum atomic E-state index is -0.744. The van der Waals surface area contributed by atoms with Crippen LogP contribution in [-0.2, 0) is 19.2 Å². The van der Waals surface area contributed by atoms with Crippen molar-refractivity contribution >= 4 is 11.9 Å². The lowest BCUT2D eigenvalue weighted by atomic mass is 10.3. The summed E-state index contributed by atoms with van der Waals surface area (Å²) in [6.07, 6.45) is 0. The smallest absolute Gasteiger partial charge is 0.330 e. The predicted molar refractivity (Wildman–Crippen MR) is 42.3 cm³/mol. The number of hydrogen-bond acceptors (Lipinski definition) is 5. The minimum Gasteiger partial charge on any atom is -0.467 e. The summed E-state index contributed by atoms with van der Waals surface area (Å²) >= 11 is 0. The molecule has 2 atom stereocenters. The third-order valence-electron chi connectivity index (χ3n) is 1.82. The van der Waals surface area contributed by atoms with E-state index >= 15 is 0 Å². The predicted octanol–water partition coefficient (Wildman–Crippen LogP) is -1.35. The molecule has 13 heavy (non-hydrogen) atoms. The Labute approximate surface area is 75.5 Å². The number of rotatable bonds is 2. The van der Waals surface area contributed by atoms with Crippen LogP contribution in [0.3, 0.4) is 0 Å². The van der Waals surface area contributed by atoms with Crippen LogP contribution in [0.25, 0.3) is 0 Å². The highest BCUT2D eigenvalue weighted by atomic mass is 16.7. The van der Waals surface area contributed by atoms with E-state index in [-0.39, 0.29) is 6.61 Å². The maximum Gasteiger partial charge on any atom is 0.330 e. The highest BCUT2D eigenvalue weighted by molar-refractivity contribution is 5.87. The lowest BCUT2D eigenvalue weighted by Gasteiger charge is -2.19. The molecule has 1 fully saturated rings. The first-order chi connectivity index (χ1) is 6.07. The Morgan fingerprint density at radius 2 is 2.46 bits per heavy atom. The lowest BCUT2D eigenvalue weighted by molar-refractivity contribution is -0.185. The molecule has 0 radical (unpaired) electrons. The molecule has 1 heterocycles. The molecule has 0 saturated carbocycles. The highest BCUT2D eigenvalue weighted by Crippen LogP contribution is 2.11. The van der Waals surface area contributed by atoms with Crippen LogP contribution >= 0.6 is 0 Å². The number of hydrogen-bond donors (Lipinski definition) is 1. The molecule has 0 aliphatic carbocycles. The van der Waals surface area contributed by atoms with Crippen molar-refractivity contribution in [1.29, 1.82) is 0 Å². The van der Waals surface area contributed by atoms with Gasteiger partial charge in [-0.3, -0.25) is 9.63 Å².